The van der Waals surface area contributed by atoms with Crippen LogP contribution in [0.15, 0.2) is 71.7 Å². The lowest BCUT2D eigenvalue weighted by Gasteiger charge is -2.16. The van der Waals surface area contributed by atoms with Crippen molar-refractivity contribution in [3.05, 3.63) is 93.9 Å². The number of hydrogen-bond donors (Lipinski definition) is 2. The van der Waals surface area contributed by atoms with Crippen LogP contribution >= 0.6 is 0 Å². The van der Waals surface area contributed by atoms with Gasteiger partial charge in [-0.05, 0) is 79.6 Å². The van der Waals surface area contributed by atoms with Crippen LogP contribution in [0.2, 0.25) is 0 Å². The van der Waals surface area contributed by atoms with E-state index in [4.69, 9.17) is 15.5 Å². The van der Waals surface area contributed by atoms with Crippen LogP contribution in [0.3, 0.4) is 0 Å². The van der Waals surface area contributed by atoms with Crippen LogP contribution in [0.4, 0.5) is 0 Å². The molecule has 3 aromatic carbocycles. The van der Waals surface area contributed by atoms with Crippen molar-refractivity contribution < 1.29 is 4.74 Å². The van der Waals surface area contributed by atoms with Crippen molar-refractivity contribution in [2.45, 2.75) is 45.3 Å². The van der Waals surface area contributed by atoms with Gasteiger partial charge >= 0.3 is 0 Å². The summed E-state index contributed by atoms with van der Waals surface area (Å²) >= 11 is 0. The maximum atomic E-state index is 13.2. The van der Waals surface area contributed by atoms with E-state index in [9.17, 15) is 4.79 Å². The Morgan fingerprint density at radius 1 is 1.00 bits per heavy atom. The van der Waals surface area contributed by atoms with E-state index in [2.05, 4.69) is 33.8 Å². The summed E-state index contributed by atoms with van der Waals surface area (Å²) in [6.45, 7) is 1.85. The molecule has 0 aliphatic heterocycles. The van der Waals surface area contributed by atoms with E-state index < -0.39 is 0 Å². The molecule has 2 heterocycles. The van der Waals surface area contributed by atoms with Crippen LogP contribution in [-0.2, 0) is 26.0 Å². The van der Waals surface area contributed by atoms with Gasteiger partial charge in [0.15, 0.2) is 0 Å². The molecule has 0 spiro atoms. The van der Waals surface area contributed by atoms with Gasteiger partial charge in [0, 0.05) is 29.8 Å². The second kappa shape index (κ2) is 9.63. The largest absolute Gasteiger partial charge is 0.489 e. The first-order chi connectivity index (χ1) is 17.7. The number of nitrogens with one attached hydrogen (secondary N) is 1. The second-order valence-corrected chi connectivity index (χ2v) is 9.59. The third kappa shape index (κ3) is 4.29. The van der Waals surface area contributed by atoms with Gasteiger partial charge in [-0.25, -0.2) is 4.98 Å². The van der Waals surface area contributed by atoms with Crippen molar-refractivity contribution in [1.82, 2.24) is 14.5 Å². The highest BCUT2D eigenvalue weighted by molar-refractivity contribution is 5.96. The summed E-state index contributed by atoms with van der Waals surface area (Å²) in [6.07, 6.45) is 7.42. The van der Waals surface area contributed by atoms with Gasteiger partial charge in [-0.2, -0.15) is 0 Å². The van der Waals surface area contributed by atoms with Crippen molar-refractivity contribution in [1.29, 1.82) is 0 Å². The Kier molecular flexibility index (Phi) is 6.03. The predicted octanol–water partition coefficient (Wildman–Crippen LogP) is 5.35. The van der Waals surface area contributed by atoms with E-state index >= 15 is 0 Å². The number of nitrogens with zero attached hydrogens (tertiary/aromatic N) is 2. The highest BCUT2D eigenvalue weighted by atomic mass is 16.5. The number of H-pyrrole nitrogens is 1. The Bertz CT molecular complexity index is 1600. The Balaban J connectivity index is 1.42. The van der Waals surface area contributed by atoms with Gasteiger partial charge < -0.3 is 20.0 Å². The normalized spacial score (nSPS) is 13.2. The lowest BCUT2D eigenvalue weighted by molar-refractivity contribution is 0.306. The molecule has 0 atom stereocenters. The SMILES string of the molecule is NCCCn1cc(-c2nc3cc4c(cc3[nH]c2=O)CCCC4)c2ccc(OCc3ccccc3)cc21. The summed E-state index contributed by atoms with van der Waals surface area (Å²) < 4.78 is 8.25. The van der Waals surface area contributed by atoms with Gasteiger partial charge in [-0.1, -0.05) is 30.3 Å². The molecule has 0 fully saturated rings. The van der Waals surface area contributed by atoms with Gasteiger partial charge in [0.1, 0.15) is 18.1 Å². The van der Waals surface area contributed by atoms with Gasteiger partial charge in [-0.15, -0.1) is 0 Å². The summed E-state index contributed by atoms with van der Waals surface area (Å²) in [5.74, 6) is 0.789. The number of ether oxygens (including phenoxy) is 1. The number of benzene rings is 3. The molecule has 182 valence electrons. The minimum atomic E-state index is -0.166. The molecule has 0 bridgehead atoms. The van der Waals surface area contributed by atoms with E-state index in [0.717, 1.165) is 64.6 Å². The van der Waals surface area contributed by atoms with Crippen LogP contribution in [-0.4, -0.2) is 21.1 Å². The zero-order valence-electron chi connectivity index (χ0n) is 20.3. The number of nitrogens with two attached hydrogens (primary N) is 1. The fraction of sp³-hybridized carbons (Fsp3) is 0.267. The van der Waals surface area contributed by atoms with Gasteiger partial charge in [0.25, 0.3) is 5.56 Å². The first kappa shape index (κ1) is 22.6. The molecule has 5 aromatic rings. The molecule has 0 unspecified atom stereocenters. The summed E-state index contributed by atoms with van der Waals surface area (Å²) in [7, 11) is 0. The molecular formula is C30H30N4O2. The number of hydrogen-bond acceptors (Lipinski definition) is 4. The smallest absolute Gasteiger partial charge is 0.275 e. The Labute approximate surface area is 209 Å². The third-order valence-corrected chi connectivity index (χ3v) is 7.12. The van der Waals surface area contributed by atoms with E-state index in [1.54, 1.807) is 0 Å². The third-order valence-electron chi connectivity index (χ3n) is 7.12. The van der Waals surface area contributed by atoms with Crippen molar-refractivity contribution in [3.63, 3.8) is 0 Å². The van der Waals surface area contributed by atoms with Crippen LogP contribution in [0.25, 0.3) is 33.2 Å². The van der Waals surface area contributed by atoms with E-state index in [1.807, 2.05) is 42.6 Å². The van der Waals surface area contributed by atoms with Crippen LogP contribution in [0.5, 0.6) is 5.75 Å². The number of fused-ring (bicyclic) bond motifs is 3. The lowest BCUT2D eigenvalue weighted by atomic mass is 9.91. The van der Waals surface area contributed by atoms with Crippen molar-refractivity contribution in [3.8, 4) is 17.0 Å². The van der Waals surface area contributed by atoms with E-state index in [1.165, 1.54) is 24.0 Å². The molecule has 0 saturated heterocycles. The second-order valence-electron chi connectivity index (χ2n) is 9.59. The monoisotopic (exact) mass is 478 g/mol. The minimum absolute atomic E-state index is 0.166. The zero-order valence-corrected chi connectivity index (χ0v) is 20.3. The first-order valence-corrected chi connectivity index (χ1v) is 12.8. The van der Waals surface area contributed by atoms with Crippen molar-refractivity contribution >= 4 is 21.9 Å². The van der Waals surface area contributed by atoms with Gasteiger partial charge in [0.2, 0.25) is 0 Å². The average Bonchev–Trinajstić information content (AvgIpc) is 3.27. The molecule has 36 heavy (non-hydrogen) atoms. The van der Waals surface area contributed by atoms with Crippen molar-refractivity contribution in [2.75, 3.05) is 6.54 Å². The molecule has 1 aliphatic rings. The predicted molar refractivity (Wildman–Crippen MR) is 144 cm³/mol. The molecule has 3 N–H and O–H groups in total. The molecule has 1 aliphatic carbocycles. The quantitative estimate of drug-likeness (QED) is 0.330. The van der Waals surface area contributed by atoms with Gasteiger partial charge in [-0.3, -0.25) is 4.79 Å². The Morgan fingerprint density at radius 3 is 2.61 bits per heavy atom. The molecule has 2 aromatic heterocycles. The zero-order chi connectivity index (χ0) is 24.5. The Morgan fingerprint density at radius 2 is 1.81 bits per heavy atom. The standard InChI is InChI=1S/C30H30N4O2/c31-13-6-14-34-18-25(24-12-11-23(17-28(24)34)36-19-20-7-2-1-3-8-20)29-30(35)33-27-16-22-10-5-4-9-21(22)15-26(27)32-29/h1-3,7-8,11-12,15-18H,4-6,9-10,13-14,19,31H2,(H,33,35). The van der Waals surface area contributed by atoms with E-state index in [-0.39, 0.29) is 5.56 Å². The van der Waals surface area contributed by atoms with E-state index in [0.29, 0.717) is 18.8 Å². The fourth-order valence-electron chi connectivity index (χ4n) is 5.24. The molecule has 6 heteroatoms. The summed E-state index contributed by atoms with van der Waals surface area (Å²) in [4.78, 5) is 21.2. The molecule has 0 saturated carbocycles. The summed E-state index contributed by atoms with van der Waals surface area (Å²) in [5.41, 5.74) is 13.4. The van der Waals surface area contributed by atoms with Crippen LogP contribution < -0.4 is 16.0 Å². The number of aromatic amines is 1. The highest BCUT2D eigenvalue weighted by Gasteiger charge is 2.18. The minimum Gasteiger partial charge on any atom is -0.489 e. The summed E-state index contributed by atoms with van der Waals surface area (Å²) in [5, 5.41) is 0.981. The first-order valence-electron chi connectivity index (χ1n) is 12.8. The average molecular weight is 479 g/mol. The van der Waals surface area contributed by atoms with Crippen LogP contribution in [0, 0.1) is 0 Å². The maximum Gasteiger partial charge on any atom is 0.275 e. The number of aryl methyl sites for hydroxylation is 3. The summed E-state index contributed by atoms with van der Waals surface area (Å²) in [6, 6.07) is 20.4. The van der Waals surface area contributed by atoms with Crippen molar-refractivity contribution in [2.24, 2.45) is 5.73 Å². The fourth-order valence-corrected chi connectivity index (χ4v) is 5.24. The number of aromatic nitrogens is 3. The topological polar surface area (TPSA) is 85.9 Å². The maximum absolute atomic E-state index is 13.2. The molecule has 6 nitrogen and oxygen atoms in total. The van der Waals surface area contributed by atoms with Gasteiger partial charge in [0.05, 0.1) is 16.6 Å². The highest BCUT2D eigenvalue weighted by Crippen LogP contribution is 2.32. The molecule has 6 rings (SSSR count). The lowest BCUT2D eigenvalue weighted by Crippen LogP contribution is -2.13. The number of rotatable bonds is 7. The molecule has 0 radical (unpaired) electrons. The van der Waals surface area contributed by atoms with Crippen LogP contribution in [0.1, 0.15) is 36.0 Å². The Hall–Kier alpha value is -3.90. The molecular weight excluding hydrogens is 448 g/mol. The molecule has 0 amide bonds.